The third kappa shape index (κ3) is 3.10. The van der Waals surface area contributed by atoms with Gasteiger partial charge in [0.05, 0.1) is 6.61 Å². The lowest BCUT2D eigenvalue weighted by Crippen LogP contribution is -2.40. The number of nitrogen functional groups attached to an aromatic ring is 1. The van der Waals surface area contributed by atoms with E-state index in [0.29, 0.717) is 23.2 Å². The first kappa shape index (κ1) is 19.3. The Morgan fingerprint density at radius 3 is 2.61 bits per heavy atom. The molecule has 10 heteroatoms. The second-order valence-electron chi connectivity index (χ2n) is 7.52. The molecule has 5 N–H and O–H groups in total. The van der Waals surface area contributed by atoms with Crippen molar-refractivity contribution in [1.29, 1.82) is 0 Å². The van der Waals surface area contributed by atoms with Crippen LogP contribution in [0.15, 0.2) is 6.33 Å². The van der Waals surface area contributed by atoms with Crippen molar-refractivity contribution in [2.24, 2.45) is 0 Å². The van der Waals surface area contributed by atoms with E-state index >= 15 is 0 Å². The molecule has 2 aromatic rings. The van der Waals surface area contributed by atoms with Gasteiger partial charge in [-0.25, -0.2) is 15.0 Å². The zero-order valence-corrected chi connectivity index (χ0v) is 16.0. The molecule has 2 fully saturated rings. The van der Waals surface area contributed by atoms with Crippen molar-refractivity contribution in [3.05, 3.63) is 6.33 Å². The van der Waals surface area contributed by atoms with Gasteiger partial charge in [0.25, 0.3) is 0 Å². The van der Waals surface area contributed by atoms with Crippen molar-refractivity contribution >= 4 is 22.9 Å². The van der Waals surface area contributed by atoms with Crippen LogP contribution in [0.3, 0.4) is 0 Å². The van der Waals surface area contributed by atoms with Gasteiger partial charge in [-0.1, -0.05) is 19.3 Å². The van der Waals surface area contributed by atoms with Crippen LogP contribution in [0.5, 0.6) is 0 Å². The average Bonchev–Trinajstić information content (AvgIpc) is 3.22. The van der Waals surface area contributed by atoms with E-state index in [1.54, 1.807) is 4.57 Å². The molecule has 2 aliphatic rings. The van der Waals surface area contributed by atoms with Gasteiger partial charge in [0, 0.05) is 12.6 Å². The minimum absolute atomic E-state index is 0.247. The first-order valence-electron chi connectivity index (χ1n) is 9.94. The van der Waals surface area contributed by atoms with E-state index in [2.05, 4.69) is 21.8 Å². The fourth-order valence-electron chi connectivity index (χ4n) is 4.40. The lowest BCUT2D eigenvalue weighted by atomic mass is 9.94. The molecule has 4 rings (SSSR count). The Hall–Kier alpha value is -2.01. The highest BCUT2D eigenvalue weighted by Crippen LogP contribution is 2.37. The molecule has 4 atom stereocenters. The predicted octanol–water partition coefficient (Wildman–Crippen LogP) is 0.179. The molecule has 10 nitrogen and oxygen atoms in total. The summed E-state index contributed by atoms with van der Waals surface area (Å²) in [7, 11) is 0. The Bertz CT molecular complexity index is 824. The summed E-state index contributed by atoms with van der Waals surface area (Å²) in [5.41, 5.74) is 6.91. The average molecular weight is 392 g/mol. The SMILES string of the molecule is CCN(c1nc2c(N)ncnc2n1[C@@H]1O[C@H](CO)[C@@H](O)[C@H]1O)C1CCCCC1. The number of fused-ring (bicyclic) bond motifs is 1. The van der Waals surface area contributed by atoms with Crippen LogP contribution < -0.4 is 10.6 Å². The van der Waals surface area contributed by atoms with Gasteiger partial charge < -0.3 is 30.7 Å². The molecular formula is C18H28N6O4. The highest BCUT2D eigenvalue weighted by molar-refractivity contribution is 5.84. The first-order valence-corrected chi connectivity index (χ1v) is 9.94. The number of imidazole rings is 1. The lowest BCUT2D eigenvalue weighted by Gasteiger charge is -2.35. The van der Waals surface area contributed by atoms with Gasteiger partial charge >= 0.3 is 0 Å². The number of aliphatic hydroxyl groups is 3. The van der Waals surface area contributed by atoms with Crippen LogP contribution in [-0.2, 0) is 4.74 Å². The van der Waals surface area contributed by atoms with Crippen molar-refractivity contribution in [1.82, 2.24) is 19.5 Å². The molecule has 0 unspecified atom stereocenters. The van der Waals surface area contributed by atoms with E-state index in [9.17, 15) is 15.3 Å². The molecule has 3 heterocycles. The number of aliphatic hydroxyl groups excluding tert-OH is 3. The minimum atomic E-state index is -1.23. The van der Waals surface area contributed by atoms with Gasteiger partial charge in [-0.2, -0.15) is 0 Å². The van der Waals surface area contributed by atoms with Gasteiger partial charge in [-0.15, -0.1) is 0 Å². The van der Waals surface area contributed by atoms with Crippen molar-refractivity contribution in [3.8, 4) is 0 Å². The Balaban J connectivity index is 1.84. The maximum absolute atomic E-state index is 10.6. The molecule has 0 amide bonds. The summed E-state index contributed by atoms with van der Waals surface area (Å²) in [4.78, 5) is 15.3. The minimum Gasteiger partial charge on any atom is -0.394 e. The van der Waals surface area contributed by atoms with Crippen LogP contribution in [-0.4, -0.2) is 72.3 Å². The molecule has 0 spiro atoms. The van der Waals surface area contributed by atoms with Crippen LogP contribution in [0.2, 0.25) is 0 Å². The fraction of sp³-hybridized carbons (Fsp3) is 0.722. The van der Waals surface area contributed by atoms with Gasteiger partial charge in [-0.3, -0.25) is 4.57 Å². The van der Waals surface area contributed by atoms with Crippen LogP contribution in [0.25, 0.3) is 11.2 Å². The summed E-state index contributed by atoms with van der Waals surface area (Å²) in [6, 6.07) is 0.320. The van der Waals surface area contributed by atoms with Gasteiger partial charge in [0.2, 0.25) is 5.95 Å². The number of nitrogens with zero attached hydrogens (tertiary/aromatic N) is 5. The predicted molar refractivity (Wildman–Crippen MR) is 103 cm³/mol. The number of aromatic nitrogens is 4. The number of hydrogen-bond acceptors (Lipinski definition) is 9. The largest absolute Gasteiger partial charge is 0.394 e. The first-order chi connectivity index (χ1) is 13.6. The van der Waals surface area contributed by atoms with E-state index in [1.165, 1.54) is 12.7 Å². The summed E-state index contributed by atoms with van der Waals surface area (Å²) in [6.45, 7) is 2.38. The standard InChI is InChI=1S/C18H28N6O4/c1-2-23(10-6-4-3-5-7-10)18-22-12-15(19)20-9-21-16(12)24(18)17-14(27)13(26)11(8-25)28-17/h9-11,13-14,17,25-27H,2-8H2,1H3,(H2,19,20,21)/t11-,13-,14-,17-/m1/s1. The molecule has 0 bridgehead atoms. The summed E-state index contributed by atoms with van der Waals surface area (Å²) < 4.78 is 7.48. The van der Waals surface area contributed by atoms with E-state index < -0.39 is 31.1 Å². The third-order valence-corrected chi connectivity index (χ3v) is 5.87. The number of ether oxygens (including phenoxy) is 1. The normalized spacial score (nSPS) is 28.9. The molecule has 1 saturated carbocycles. The molecule has 2 aromatic heterocycles. The topological polar surface area (TPSA) is 143 Å². The zero-order valence-electron chi connectivity index (χ0n) is 16.0. The Labute approximate surface area is 163 Å². The summed E-state index contributed by atoms with van der Waals surface area (Å²) >= 11 is 0. The van der Waals surface area contributed by atoms with Crippen molar-refractivity contribution in [2.75, 3.05) is 23.8 Å². The molecular weight excluding hydrogens is 364 g/mol. The van der Waals surface area contributed by atoms with Gasteiger partial charge in [-0.05, 0) is 19.8 Å². The Morgan fingerprint density at radius 1 is 1.21 bits per heavy atom. The number of nitrogens with two attached hydrogens (primary N) is 1. The van der Waals surface area contributed by atoms with Crippen LogP contribution in [0, 0.1) is 0 Å². The molecule has 0 aromatic carbocycles. The smallest absolute Gasteiger partial charge is 0.210 e. The van der Waals surface area contributed by atoms with Crippen LogP contribution >= 0.6 is 0 Å². The lowest BCUT2D eigenvalue weighted by molar-refractivity contribution is -0.0505. The number of hydrogen-bond donors (Lipinski definition) is 4. The summed E-state index contributed by atoms with van der Waals surface area (Å²) in [5.74, 6) is 0.836. The third-order valence-electron chi connectivity index (χ3n) is 5.87. The van der Waals surface area contributed by atoms with Crippen molar-refractivity contribution in [3.63, 3.8) is 0 Å². The monoisotopic (exact) mass is 392 g/mol. The molecule has 1 aliphatic carbocycles. The molecule has 1 saturated heterocycles. The zero-order chi connectivity index (χ0) is 19.8. The quantitative estimate of drug-likeness (QED) is 0.560. The van der Waals surface area contributed by atoms with Crippen molar-refractivity contribution < 1.29 is 20.1 Å². The van der Waals surface area contributed by atoms with Crippen LogP contribution in [0.1, 0.15) is 45.3 Å². The van der Waals surface area contributed by atoms with E-state index in [4.69, 9.17) is 15.5 Å². The second-order valence-corrected chi connectivity index (χ2v) is 7.52. The molecule has 1 aliphatic heterocycles. The Morgan fingerprint density at radius 2 is 1.96 bits per heavy atom. The highest BCUT2D eigenvalue weighted by Gasteiger charge is 2.45. The number of anilines is 2. The maximum Gasteiger partial charge on any atom is 0.210 e. The summed E-state index contributed by atoms with van der Waals surface area (Å²) in [5, 5.41) is 30.3. The highest BCUT2D eigenvalue weighted by atomic mass is 16.6. The van der Waals surface area contributed by atoms with Gasteiger partial charge in [0.1, 0.15) is 24.6 Å². The van der Waals surface area contributed by atoms with Crippen LogP contribution in [0.4, 0.5) is 11.8 Å². The van der Waals surface area contributed by atoms with Crippen molar-refractivity contribution in [2.45, 2.75) is 69.6 Å². The molecule has 154 valence electrons. The van der Waals surface area contributed by atoms with Gasteiger partial charge in [0.15, 0.2) is 23.2 Å². The Kier molecular flexibility index (Phi) is 5.37. The van der Waals surface area contributed by atoms with E-state index in [-0.39, 0.29) is 5.82 Å². The number of rotatable bonds is 5. The molecule has 28 heavy (non-hydrogen) atoms. The second kappa shape index (κ2) is 7.78. The summed E-state index contributed by atoms with van der Waals surface area (Å²) in [6.07, 6.45) is 2.79. The van der Waals surface area contributed by atoms with E-state index in [1.807, 2.05) is 0 Å². The molecule has 0 radical (unpaired) electrons. The van der Waals surface area contributed by atoms with E-state index in [0.717, 1.165) is 32.2 Å². The maximum atomic E-state index is 10.6. The fourth-order valence-corrected chi connectivity index (χ4v) is 4.40.